The summed E-state index contributed by atoms with van der Waals surface area (Å²) in [7, 11) is 0. The molecule has 0 fully saturated rings. The smallest absolute Gasteiger partial charge is 0.0971 e. The molecule has 1 rings (SSSR count). The Kier molecular flexibility index (Phi) is 3.19. The molecule has 0 aliphatic rings. The Morgan fingerprint density at radius 3 is 2.92 bits per heavy atom. The molecule has 0 radical (unpaired) electrons. The van der Waals surface area contributed by atoms with Crippen molar-refractivity contribution in [1.29, 1.82) is 0 Å². The Bertz CT molecular complexity index is 250. The molecule has 0 aromatic carbocycles. The van der Waals surface area contributed by atoms with Crippen molar-refractivity contribution < 1.29 is 5.11 Å². The summed E-state index contributed by atoms with van der Waals surface area (Å²) in [5, 5.41) is 9.50. The van der Waals surface area contributed by atoms with E-state index in [0.29, 0.717) is 18.7 Å². The summed E-state index contributed by atoms with van der Waals surface area (Å²) >= 11 is 0. The third-order valence-corrected chi connectivity index (χ3v) is 1.69. The van der Waals surface area contributed by atoms with Crippen LogP contribution in [0.15, 0.2) is 18.2 Å². The van der Waals surface area contributed by atoms with Gasteiger partial charge >= 0.3 is 0 Å². The van der Waals surface area contributed by atoms with E-state index in [0.717, 1.165) is 5.69 Å². The normalized spacial score (nSPS) is 12.9. The number of nitrogens with zero attached hydrogens (tertiary/aromatic N) is 1. The predicted octanol–water partition coefficient (Wildman–Crippen LogP) is 0.772. The van der Waals surface area contributed by atoms with Crippen molar-refractivity contribution in [3.8, 4) is 0 Å². The van der Waals surface area contributed by atoms with Gasteiger partial charge in [-0.15, -0.1) is 0 Å². The van der Waals surface area contributed by atoms with Crippen LogP contribution in [0, 0.1) is 6.92 Å². The van der Waals surface area contributed by atoms with Gasteiger partial charge in [0, 0.05) is 5.69 Å². The zero-order valence-corrected chi connectivity index (χ0v) is 7.20. The van der Waals surface area contributed by atoms with Crippen LogP contribution in [-0.4, -0.2) is 16.6 Å². The van der Waals surface area contributed by atoms with E-state index < -0.39 is 6.10 Å². The molecule has 0 amide bonds. The molecule has 1 heterocycles. The molecule has 3 nitrogen and oxygen atoms in total. The highest BCUT2D eigenvalue weighted by atomic mass is 16.3. The number of nitrogens with two attached hydrogens (primary N) is 1. The zero-order valence-electron chi connectivity index (χ0n) is 7.20. The van der Waals surface area contributed by atoms with Gasteiger partial charge in [0.25, 0.3) is 0 Å². The monoisotopic (exact) mass is 166 g/mol. The highest BCUT2D eigenvalue weighted by molar-refractivity contribution is 5.11. The first-order valence-electron chi connectivity index (χ1n) is 4.05. The van der Waals surface area contributed by atoms with E-state index in [4.69, 9.17) is 5.73 Å². The molecule has 1 aromatic rings. The summed E-state index contributed by atoms with van der Waals surface area (Å²) in [5.74, 6) is 0. The van der Waals surface area contributed by atoms with Crippen molar-refractivity contribution in [2.75, 3.05) is 6.54 Å². The number of aliphatic hydroxyl groups is 1. The molecule has 1 unspecified atom stereocenters. The average molecular weight is 166 g/mol. The Morgan fingerprint density at radius 2 is 2.33 bits per heavy atom. The maximum Gasteiger partial charge on any atom is 0.0971 e. The van der Waals surface area contributed by atoms with Gasteiger partial charge in [0.05, 0.1) is 11.8 Å². The molecule has 12 heavy (non-hydrogen) atoms. The lowest BCUT2D eigenvalue weighted by Gasteiger charge is -2.08. The zero-order chi connectivity index (χ0) is 8.97. The molecule has 0 spiro atoms. The van der Waals surface area contributed by atoms with E-state index in [1.165, 1.54) is 0 Å². The predicted molar refractivity (Wildman–Crippen MR) is 47.6 cm³/mol. The minimum atomic E-state index is -0.519. The quantitative estimate of drug-likeness (QED) is 0.697. The van der Waals surface area contributed by atoms with Crippen molar-refractivity contribution in [2.45, 2.75) is 19.4 Å². The first kappa shape index (κ1) is 9.16. The Labute approximate surface area is 72.2 Å². The minimum Gasteiger partial charge on any atom is -0.387 e. The van der Waals surface area contributed by atoms with Gasteiger partial charge in [-0.2, -0.15) is 0 Å². The van der Waals surface area contributed by atoms with Crippen molar-refractivity contribution >= 4 is 0 Å². The molecule has 0 saturated heterocycles. The topological polar surface area (TPSA) is 59.1 Å². The van der Waals surface area contributed by atoms with Gasteiger partial charge in [-0.05, 0) is 32.0 Å². The van der Waals surface area contributed by atoms with E-state index in [1.807, 2.05) is 25.1 Å². The van der Waals surface area contributed by atoms with Crippen molar-refractivity contribution in [3.63, 3.8) is 0 Å². The summed E-state index contributed by atoms with van der Waals surface area (Å²) in [6, 6.07) is 5.60. The van der Waals surface area contributed by atoms with Crippen LogP contribution >= 0.6 is 0 Å². The second kappa shape index (κ2) is 4.18. The fourth-order valence-electron chi connectivity index (χ4n) is 1.06. The van der Waals surface area contributed by atoms with Crippen LogP contribution in [0.4, 0.5) is 0 Å². The minimum absolute atomic E-state index is 0.483. The summed E-state index contributed by atoms with van der Waals surface area (Å²) < 4.78 is 0. The molecule has 0 aliphatic heterocycles. The van der Waals surface area contributed by atoms with Gasteiger partial charge in [-0.25, -0.2) is 0 Å². The van der Waals surface area contributed by atoms with Gasteiger partial charge in [-0.1, -0.05) is 6.07 Å². The number of hydrogen-bond acceptors (Lipinski definition) is 3. The van der Waals surface area contributed by atoms with Gasteiger partial charge in [0.15, 0.2) is 0 Å². The lowest BCUT2D eigenvalue weighted by Crippen LogP contribution is -2.08. The molecule has 66 valence electrons. The molecular formula is C9H14N2O. The van der Waals surface area contributed by atoms with Gasteiger partial charge < -0.3 is 10.8 Å². The fraction of sp³-hybridized carbons (Fsp3) is 0.444. The molecule has 3 heteroatoms. The third-order valence-electron chi connectivity index (χ3n) is 1.69. The lowest BCUT2D eigenvalue weighted by molar-refractivity contribution is 0.165. The summed E-state index contributed by atoms with van der Waals surface area (Å²) in [6.07, 6.45) is 0.0473. The van der Waals surface area contributed by atoms with Crippen LogP contribution < -0.4 is 5.73 Å². The third kappa shape index (κ3) is 2.29. The number of aromatic nitrogens is 1. The van der Waals surface area contributed by atoms with Crippen molar-refractivity contribution in [2.24, 2.45) is 5.73 Å². The van der Waals surface area contributed by atoms with E-state index >= 15 is 0 Å². The maximum absolute atomic E-state index is 9.50. The van der Waals surface area contributed by atoms with Crippen LogP contribution in [-0.2, 0) is 0 Å². The Hall–Kier alpha value is -0.930. The van der Waals surface area contributed by atoms with Crippen LogP contribution in [0.25, 0.3) is 0 Å². The first-order valence-corrected chi connectivity index (χ1v) is 4.05. The maximum atomic E-state index is 9.50. The summed E-state index contributed by atoms with van der Waals surface area (Å²) in [6.45, 7) is 2.38. The number of rotatable bonds is 3. The lowest BCUT2D eigenvalue weighted by atomic mass is 10.1. The number of aliphatic hydroxyl groups excluding tert-OH is 1. The average Bonchev–Trinajstić information content (AvgIpc) is 2.05. The highest BCUT2D eigenvalue weighted by Crippen LogP contribution is 2.12. The molecule has 3 N–H and O–H groups in total. The molecular weight excluding hydrogens is 152 g/mol. The van der Waals surface area contributed by atoms with Crippen LogP contribution in [0.2, 0.25) is 0 Å². The Morgan fingerprint density at radius 1 is 1.58 bits per heavy atom. The molecule has 0 saturated carbocycles. The van der Waals surface area contributed by atoms with E-state index in [2.05, 4.69) is 4.98 Å². The van der Waals surface area contributed by atoms with E-state index in [-0.39, 0.29) is 0 Å². The van der Waals surface area contributed by atoms with Crippen LogP contribution in [0.3, 0.4) is 0 Å². The molecule has 0 aliphatic carbocycles. The first-order chi connectivity index (χ1) is 5.74. The fourth-order valence-corrected chi connectivity index (χ4v) is 1.06. The number of pyridine rings is 1. The molecule has 1 atom stereocenters. The van der Waals surface area contributed by atoms with Gasteiger partial charge in [0.2, 0.25) is 0 Å². The standard InChI is InChI=1S/C9H14N2O/c1-7-3-2-4-8(11-7)9(12)5-6-10/h2-4,9,12H,5-6,10H2,1H3. The number of hydrogen-bond donors (Lipinski definition) is 2. The van der Waals surface area contributed by atoms with Crippen LogP contribution in [0.5, 0.6) is 0 Å². The Balaban J connectivity index is 2.73. The van der Waals surface area contributed by atoms with Crippen molar-refractivity contribution in [1.82, 2.24) is 4.98 Å². The second-order valence-corrected chi connectivity index (χ2v) is 2.80. The number of aryl methyl sites for hydroxylation is 1. The van der Waals surface area contributed by atoms with Gasteiger partial charge in [0.1, 0.15) is 0 Å². The second-order valence-electron chi connectivity index (χ2n) is 2.80. The van der Waals surface area contributed by atoms with Crippen molar-refractivity contribution in [3.05, 3.63) is 29.6 Å². The van der Waals surface area contributed by atoms with Crippen LogP contribution in [0.1, 0.15) is 23.9 Å². The van der Waals surface area contributed by atoms with E-state index in [9.17, 15) is 5.11 Å². The van der Waals surface area contributed by atoms with E-state index in [1.54, 1.807) is 0 Å². The molecule has 0 bridgehead atoms. The summed E-state index contributed by atoms with van der Waals surface area (Å²) in [5.41, 5.74) is 6.95. The largest absolute Gasteiger partial charge is 0.387 e. The van der Waals surface area contributed by atoms with Gasteiger partial charge in [-0.3, -0.25) is 4.98 Å². The SMILES string of the molecule is Cc1cccc(C(O)CCN)n1. The highest BCUT2D eigenvalue weighted by Gasteiger charge is 2.06. The molecule has 1 aromatic heterocycles. The summed E-state index contributed by atoms with van der Waals surface area (Å²) in [4.78, 5) is 4.19.